The van der Waals surface area contributed by atoms with Gasteiger partial charge in [0.15, 0.2) is 0 Å². The zero-order valence-corrected chi connectivity index (χ0v) is 14.1. The summed E-state index contributed by atoms with van der Waals surface area (Å²) in [5.74, 6) is 0.777. The molecule has 1 unspecified atom stereocenters. The summed E-state index contributed by atoms with van der Waals surface area (Å²) in [6, 6.07) is 4.64. The van der Waals surface area contributed by atoms with Crippen molar-refractivity contribution in [1.29, 1.82) is 0 Å². The number of thiazole rings is 1. The number of fused-ring (bicyclic) bond motifs is 1. The zero-order valence-electron chi connectivity index (χ0n) is 12.5. The summed E-state index contributed by atoms with van der Waals surface area (Å²) >= 11 is 1.55. The molecule has 1 N–H and O–H groups in total. The fourth-order valence-electron chi connectivity index (χ4n) is 2.38. The van der Waals surface area contributed by atoms with E-state index in [9.17, 15) is 8.42 Å². The van der Waals surface area contributed by atoms with Crippen molar-refractivity contribution in [3.8, 4) is 5.75 Å². The molecule has 0 fully saturated rings. The van der Waals surface area contributed by atoms with Gasteiger partial charge in [-0.05, 0) is 37.1 Å². The number of ether oxygens (including phenoxy) is 1. The summed E-state index contributed by atoms with van der Waals surface area (Å²) in [5.41, 5.74) is 1.70. The summed E-state index contributed by atoms with van der Waals surface area (Å²) < 4.78 is 33.1. The van der Waals surface area contributed by atoms with E-state index in [0.29, 0.717) is 6.61 Å². The lowest BCUT2D eigenvalue weighted by molar-refractivity contribution is 0.356. The molecular weight excluding hydrogens is 320 g/mol. The van der Waals surface area contributed by atoms with Gasteiger partial charge >= 0.3 is 0 Å². The molecule has 5 nitrogen and oxygen atoms in total. The molecule has 0 saturated carbocycles. The highest BCUT2D eigenvalue weighted by atomic mass is 32.2. The van der Waals surface area contributed by atoms with E-state index in [0.717, 1.165) is 34.9 Å². The molecule has 22 heavy (non-hydrogen) atoms. The largest absolute Gasteiger partial charge is 0.493 e. The maximum atomic E-state index is 12.5. The molecule has 0 bridgehead atoms. The number of hydrogen-bond acceptors (Lipinski definition) is 5. The number of benzene rings is 1. The van der Waals surface area contributed by atoms with E-state index in [2.05, 4.69) is 9.71 Å². The van der Waals surface area contributed by atoms with Crippen LogP contribution in [0, 0.1) is 0 Å². The minimum atomic E-state index is -3.57. The molecule has 0 saturated heterocycles. The molecule has 118 valence electrons. The first-order valence-corrected chi connectivity index (χ1v) is 9.58. The number of aryl methyl sites for hydroxylation is 1. The number of hydrogen-bond donors (Lipinski definition) is 1. The van der Waals surface area contributed by atoms with Crippen LogP contribution in [0.5, 0.6) is 5.75 Å². The van der Waals surface area contributed by atoms with Crippen molar-refractivity contribution < 1.29 is 13.2 Å². The van der Waals surface area contributed by atoms with E-state index in [4.69, 9.17) is 4.74 Å². The Bertz CT molecular complexity index is 784. The first kappa shape index (κ1) is 15.5. The van der Waals surface area contributed by atoms with E-state index in [-0.39, 0.29) is 10.9 Å². The molecule has 7 heteroatoms. The van der Waals surface area contributed by atoms with Gasteiger partial charge in [-0.25, -0.2) is 18.1 Å². The first-order valence-electron chi connectivity index (χ1n) is 7.22. The van der Waals surface area contributed by atoms with Gasteiger partial charge in [-0.3, -0.25) is 0 Å². The Hall–Kier alpha value is -1.44. The zero-order chi connectivity index (χ0) is 15.7. The molecule has 3 rings (SSSR count). The average Bonchev–Trinajstić information content (AvgIpc) is 3.14. The number of nitrogens with one attached hydrogen (secondary N) is 1. The summed E-state index contributed by atoms with van der Waals surface area (Å²) in [6.07, 6.45) is 1.61. The molecule has 1 aliphatic heterocycles. The van der Waals surface area contributed by atoms with Crippen molar-refractivity contribution in [2.24, 2.45) is 0 Å². The van der Waals surface area contributed by atoms with Gasteiger partial charge in [0.2, 0.25) is 10.0 Å². The Morgan fingerprint density at radius 1 is 1.45 bits per heavy atom. The van der Waals surface area contributed by atoms with E-state index in [1.807, 2.05) is 19.2 Å². The van der Waals surface area contributed by atoms with Crippen LogP contribution in [0.2, 0.25) is 0 Å². The third-order valence-electron chi connectivity index (χ3n) is 3.62. The van der Waals surface area contributed by atoms with Crippen molar-refractivity contribution in [3.63, 3.8) is 0 Å². The van der Waals surface area contributed by atoms with Gasteiger partial charge < -0.3 is 4.74 Å². The van der Waals surface area contributed by atoms with Gasteiger partial charge in [0.1, 0.15) is 5.75 Å². The van der Waals surface area contributed by atoms with Crippen LogP contribution >= 0.6 is 11.3 Å². The predicted molar refractivity (Wildman–Crippen MR) is 85.9 cm³/mol. The van der Waals surface area contributed by atoms with Crippen LogP contribution in [0.3, 0.4) is 0 Å². The number of aromatic nitrogens is 1. The van der Waals surface area contributed by atoms with Gasteiger partial charge in [0.25, 0.3) is 0 Å². The third kappa shape index (κ3) is 3.02. The fraction of sp³-hybridized carbons (Fsp3) is 0.400. The van der Waals surface area contributed by atoms with Gasteiger partial charge in [-0.1, -0.05) is 6.92 Å². The fourth-order valence-corrected chi connectivity index (χ4v) is 4.48. The highest BCUT2D eigenvalue weighted by Crippen LogP contribution is 2.28. The molecule has 0 radical (unpaired) electrons. The molecule has 1 aliphatic rings. The Morgan fingerprint density at radius 3 is 3.00 bits per heavy atom. The van der Waals surface area contributed by atoms with Crippen molar-refractivity contribution in [2.75, 3.05) is 6.61 Å². The maximum Gasteiger partial charge on any atom is 0.241 e. The quantitative estimate of drug-likeness (QED) is 0.910. The van der Waals surface area contributed by atoms with Crippen molar-refractivity contribution in [3.05, 3.63) is 39.8 Å². The average molecular weight is 338 g/mol. The minimum Gasteiger partial charge on any atom is -0.493 e. The summed E-state index contributed by atoms with van der Waals surface area (Å²) in [5, 5.41) is 2.92. The predicted octanol–water partition coefficient (Wildman–Crippen LogP) is 2.68. The lowest BCUT2D eigenvalue weighted by atomic mass is 10.2. The van der Waals surface area contributed by atoms with Crippen LogP contribution in [-0.4, -0.2) is 20.0 Å². The monoisotopic (exact) mass is 338 g/mol. The van der Waals surface area contributed by atoms with Gasteiger partial charge in [-0.15, -0.1) is 11.3 Å². The van der Waals surface area contributed by atoms with Crippen LogP contribution in [0.25, 0.3) is 0 Å². The van der Waals surface area contributed by atoms with Crippen LogP contribution < -0.4 is 9.46 Å². The van der Waals surface area contributed by atoms with E-state index >= 15 is 0 Å². The molecule has 0 aliphatic carbocycles. The second kappa shape index (κ2) is 5.98. The molecule has 1 aromatic carbocycles. The second-order valence-electron chi connectivity index (χ2n) is 5.23. The first-order chi connectivity index (χ1) is 10.5. The van der Waals surface area contributed by atoms with E-state index in [1.165, 1.54) is 0 Å². The highest BCUT2D eigenvalue weighted by molar-refractivity contribution is 7.89. The van der Waals surface area contributed by atoms with E-state index in [1.54, 1.807) is 29.5 Å². The van der Waals surface area contributed by atoms with Gasteiger partial charge in [0.05, 0.1) is 28.2 Å². The van der Waals surface area contributed by atoms with Crippen molar-refractivity contribution >= 4 is 21.4 Å². The molecule has 0 amide bonds. The summed E-state index contributed by atoms with van der Waals surface area (Å²) in [7, 11) is -3.57. The standard InChI is InChI=1S/C15H18N2O3S2/c1-3-15-16-13(9-21-15)10(2)17-22(18,19)12-4-5-14-11(8-12)6-7-20-14/h4-5,8-10,17H,3,6-7H2,1-2H3. The third-order valence-corrected chi connectivity index (χ3v) is 6.17. The Kier molecular flexibility index (Phi) is 4.20. The van der Waals surface area contributed by atoms with Crippen LogP contribution in [-0.2, 0) is 22.9 Å². The molecule has 1 aromatic heterocycles. The second-order valence-corrected chi connectivity index (χ2v) is 7.89. The van der Waals surface area contributed by atoms with Crippen LogP contribution in [0.1, 0.15) is 36.2 Å². The van der Waals surface area contributed by atoms with Crippen LogP contribution in [0.4, 0.5) is 0 Å². The number of rotatable bonds is 5. The van der Waals surface area contributed by atoms with E-state index < -0.39 is 10.0 Å². The number of nitrogens with zero attached hydrogens (tertiary/aromatic N) is 1. The highest BCUT2D eigenvalue weighted by Gasteiger charge is 2.22. The molecule has 2 aromatic rings. The Labute approximate surface area is 134 Å². The maximum absolute atomic E-state index is 12.5. The normalized spacial score (nSPS) is 15.4. The molecule has 1 atom stereocenters. The molecule has 0 spiro atoms. The SMILES string of the molecule is CCc1nc(C(C)NS(=O)(=O)c2ccc3c(c2)CCO3)cs1. The Morgan fingerprint density at radius 2 is 2.27 bits per heavy atom. The summed E-state index contributed by atoms with van der Waals surface area (Å²) in [6.45, 7) is 4.45. The van der Waals surface area contributed by atoms with Crippen molar-refractivity contribution in [1.82, 2.24) is 9.71 Å². The molecule has 2 heterocycles. The lowest BCUT2D eigenvalue weighted by Crippen LogP contribution is -2.27. The van der Waals surface area contributed by atoms with Crippen LogP contribution in [0.15, 0.2) is 28.5 Å². The van der Waals surface area contributed by atoms with Gasteiger partial charge in [0, 0.05) is 11.8 Å². The molecular formula is C15H18N2O3S2. The van der Waals surface area contributed by atoms with Crippen molar-refractivity contribution in [2.45, 2.75) is 37.6 Å². The number of sulfonamides is 1. The smallest absolute Gasteiger partial charge is 0.241 e. The summed E-state index contributed by atoms with van der Waals surface area (Å²) in [4.78, 5) is 4.71. The minimum absolute atomic E-state index is 0.273. The van der Waals surface area contributed by atoms with Gasteiger partial charge in [-0.2, -0.15) is 0 Å². The topological polar surface area (TPSA) is 68.3 Å². The lowest BCUT2D eigenvalue weighted by Gasteiger charge is -2.13. The Balaban J connectivity index is 1.81.